The molecule has 0 spiro atoms. The predicted molar refractivity (Wildman–Crippen MR) is 76.8 cm³/mol. The van der Waals surface area contributed by atoms with E-state index in [2.05, 4.69) is 10.0 Å². The van der Waals surface area contributed by atoms with Gasteiger partial charge in [0.15, 0.2) is 0 Å². The van der Waals surface area contributed by atoms with Crippen molar-refractivity contribution in [3.8, 4) is 0 Å². The highest BCUT2D eigenvalue weighted by Crippen LogP contribution is 2.21. The lowest BCUT2D eigenvalue weighted by Crippen LogP contribution is -2.52. The Balaban J connectivity index is 4.62. The van der Waals surface area contributed by atoms with Crippen molar-refractivity contribution in [3.05, 3.63) is 0 Å². The first-order chi connectivity index (χ1) is 8.37. The molecule has 0 aromatic carbocycles. The topological polar surface area (TPSA) is 61.4 Å². The van der Waals surface area contributed by atoms with Crippen LogP contribution in [-0.4, -0.2) is 45.4 Å². The monoisotopic (exact) mass is 279 g/mol. The smallest absolute Gasteiger partial charge is 0.279 e. The van der Waals surface area contributed by atoms with E-state index in [0.29, 0.717) is 6.54 Å². The molecule has 6 heteroatoms. The molecule has 0 atom stereocenters. The highest BCUT2D eigenvalue weighted by molar-refractivity contribution is 7.87. The minimum Gasteiger partial charge on any atom is -0.320 e. The van der Waals surface area contributed by atoms with Gasteiger partial charge in [-0.1, -0.05) is 20.8 Å². The minimum absolute atomic E-state index is 0.309. The third-order valence-corrected chi connectivity index (χ3v) is 5.38. The van der Waals surface area contributed by atoms with E-state index in [1.807, 2.05) is 27.8 Å². The van der Waals surface area contributed by atoms with Crippen molar-refractivity contribution in [1.82, 2.24) is 14.3 Å². The number of hydrogen-bond acceptors (Lipinski definition) is 3. The van der Waals surface area contributed by atoms with Crippen LogP contribution in [0.3, 0.4) is 0 Å². The number of nitrogens with zero attached hydrogens (tertiary/aromatic N) is 1. The Morgan fingerprint density at radius 2 is 1.61 bits per heavy atom. The second-order valence-electron chi connectivity index (χ2n) is 4.73. The summed E-state index contributed by atoms with van der Waals surface area (Å²) in [6.07, 6.45) is 3.24. The zero-order valence-corrected chi connectivity index (χ0v) is 13.2. The molecule has 0 saturated carbocycles. The van der Waals surface area contributed by atoms with Gasteiger partial charge in [0.1, 0.15) is 0 Å². The van der Waals surface area contributed by atoms with Crippen LogP contribution in [0.1, 0.15) is 46.5 Å². The molecule has 0 aliphatic rings. The van der Waals surface area contributed by atoms with Crippen molar-refractivity contribution in [2.45, 2.75) is 52.0 Å². The van der Waals surface area contributed by atoms with Crippen LogP contribution >= 0.6 is 0 Å². The zero-order chi connectivity index (χ0) is 14.2. The quantitative estimate of drug-likeness (QED) is 0.593. The maximum Gasteiger partial charge on any atom is 0.279 e. The summed E-state index contributed by atoms with van der Waals surface area (Å²) < 4.78 is 28.7. The van der Waals surface area contributed by atoms with E-state index < -0.39 is 10.2 Å². The van der Waals surface area contributed by atoms with Crippen molar-refractivity contribution in [3.63, 3.8) is 0 Å². The van der Waals surface area contributed by atoms with Gasteiger partial charge in [-0.15, -0.1) is 0 Å². The first-order valence-electron chi connectivity index (χ1n) is 6.77. The summed E-state index contributed by atoms with van der Waals surface area (Å²) >= 11 is 0. The van der Waals surface area contributed by atoms with Crippen LogP contribution in [-0.2, 0) is 10.2 Å². The zero-order valence-electron chi connectivity index (χ0n) is 12.4. The molecule has 5 nitrogen and oxygen atoms in total. The fourth-order valence-electron chi connectivity index (χ4n) is 1.92. The van der Waals surface area contributed by atoms with Crippen LogP contribution < -0.4 is 10.0 Å². The molecule has 2 N–H and O–H groups in total. The first kappa shape index (κ1) is 17.8. The number of hydrogen-bond donors (Lipinski definition) is 2. The van der Waals surface area contributed by atoms with Gasteiger partial charge in [-0.05, 0) is 39.3 Å². The minimum atomic E-state index is -3.38. The third-order valence-electron chi connectivity index (χ3n) is 3.69. The molecule has 0 heterocycles. The number of nitrogens with one attached hydrogen (secondary N) is 2. The molecule has 0 aliphatic heterocycles. The standard InChI is InChI=1S/C12H29N3O2S/c1-6-12(7-2,8-3)14-18(16,17)15(5)11-9-10-13-4/h13-14H,6-11H2,1-5H3. The molecule has 0 saturated heterocycles. The summed E-state index contributed by atoms with van der Waals surface area (Å²) in [4.78, 5) is 0. The number of rotatable bonds is 10. The van der Waals surface area contributed by atoms with Crippen molar-refractivity contribution >= 4 is 10.2 Å². The summed E-state index contributed by atoms with van der Waals surface area (Å²) in [6, 6.07) is 0. The summed E-state index contributed by atoms with van der Waals surface area (Å²) in [5.41, 5.74) is -0.309. The average molecular weight is 279 g/mol. The van der Waals surface area contributed by atoms with Crippen molar-refractivity contribution in [1.29, 1.82) is 0 Å². The van der Waals surface area contributed by atoms with Gasteiger partial charge in [0.25, 0.3) is 10.2 Å². The fraction of sp³-hybridized carbons (Fsp3) is 1.00. The Morgan fingerprint density at radius 1 is 1.11 bits per heavy atom. The Kier molecular flexibility index (Phi) is 8.02. The normalized spacial score (nSPS) is 13.2. The molecule has 0 bridgehead atoms. The summed E-state index contributed by atoms with van der Waals surface area (Å²) in [5, 5.41) is 3.01. The predicted octanol–water partition coefficient (Wildman–Crippen LogP) is 1.33. The van der Waals surface area contributed by atoms with E-state index in [1.54, 1.807) is 7.05 Å². The molecule has 0 radical (unpaired) electrons. The van der Waals surface area contributed by atoms with Gasteiger partial charge in [0, 0.05) is 19.1 Å². The van der Waals surface area contributed by atoms with E-state index in [0.717, 1.165) is 32.2 Å². The van der Waals surface area contributed by atoms with E-state index in [-0.39, 0.29) is 5.54 Å². The van der Waals surface area contributed by atoms with Crippen LogP contribution in [0.4, 0.5) is 0 Å². The SMILES string of the molecule is CCC(CC)(CC)NS(=O)(=O)N(C)CCCNC. The Labute approximate surface area is 113 Å². The lowest BCUT2D eigenvalue weighted by atomic mass is 9.91. The van der Waals surface area contributed by atoms with Gasteiger partial charge in [0.05, 0.1) is 0 Å². The van der Waals surface area contributed by atoms with Gasteiger partial charge >= 0.3 is 0 Å². The van der Waals surface area contributed by atoms with Crippen molar-refractivity contribution < 1.29 is 8.42 Å². The molecule has 0 aliphatic carbocycles. The van der Waals surface area contributed by atoms with E-state index in [4.69, 9.17) is 0 Å². The maximum absolute atomic E-state index is 12.2. The average Bonchev–Trinajstić information content (AvgIpc) is 2.36. The lowest BCUT2D eigenvalue weighted by Gasteiger charge is -2.33. The summed E-state index contributed by atoms with van der Waals surface area (Å²) in [5.74, 6) is 0. The van der Waals surface area contributed by atoms with E-state index >= 15 is 0 Å². The largest absolute Gasteiger partial charge is 0.320 e. The van der Waals surface area contributed by atoms with E-state index in [1.165, 1.54) is 4.31 Å². The molecule has 0 unspecified atom stereocenters. The van der Waals surface area contributed by atoms with Gasteiger partial charge in [0.2, 0.25) is 0 Å². The van der Waals surface area contributed by atoms with Crippen LogP contribution in [0.25, 0.3) is 0 Å². The van der Waals surface area contributed by atoms with Gasteiger partial charge in [-0.3, -0.25) is 0 Å². The molecule has 0 aromatic rings. The lowest BCUT2D eigenvalue weighted by molar-refractivity contribution is 0.327. The molecule has 0 fully saturated rings. The van der Waals surface area contributed by atoms with Gasteiger partial charge in [-0.25, -0.2) is 0 Å². The maximum atomic E-state index is 12.2. The van der Waals surface area contributed by atoms with Crippen molar-refractivity contribution in [2.75, 3.05) is 27.2 Å². The van der Waals surface area contributed by atoms with Crippen LogP contribution in [0.5, 0.6) is 0 Å². The fourth-order valence-corrected chi connectivity index (χ4v) is 3.42. The highest BCUT2D eigenvalue weighted by atomic mass is 32.2. The molecular formula is C12H29N3O2S. The Bertz CT molecular complexity index is 305. The summed E-state index contributed by atoms with van der Waals surface area (Å²) in [7, 11) is 0.114. The molecule has 0 aromatic heterocycles. The Morgan fingerprint density at radius 3 is 2.00 bits per heavy atom. The molecule has 0 rings (SSSR count). The van der Waals surface area contributed by atoms with Crippen LogP contribution in [0.2, 0.25) is 0 Å². The molecule has 18 heavy (non-hydrogen) atoms. The van der Waals surface area contributed by atoms with Crippen LogP contribution in [0, 0.1) is 0 Å². The third kappa shape index (κ3) is 5.22. The van der Waals surface area contributed by atoms with Crippen molar-refractivity contribution in [2.24, 2.45) is 0 Å². The summed E-state index contributed by atoms with van der Waals surface area (Å²) in [6.45, 7) is 7.42. The highest BCUT2D eigenvalue weighted by Gasteiger charge is 2.31. The van der Waals surface area contributed by atoms with Gasteiger partial charge < -0.3 is 5.32 Å². The van der Waals surface area contributed by atoms with Crippen LogP contribution in [0.15, 0.2) is 0 Å². The molecule has 110 valence electrons. The molecule has 0 amide bonds. The molecular weight excluding hydrogens is 250 g/mol. The first-order valence-corrected chi connectivity index (χ1v) is 8.21. The second-order valence-corrected chi connectivity index (χ2v) is 6.50. The Hall–Kier alpha value is -0.170. The second kappa shape index (κ2) is 8.09. The van der Waals surface area contributed by atoms with Gasteiger partial charge in [-0.2, -0.15) is 17.4 Å². The van der Waals surface area contributed by atoms with E-state index in [9.17, 15) is 8.42 Å².